The number of esters is 1. The number of amides is 2. The Hall–Kier alpha value is -3.22. The third-order valence-electron chi connectivity index (χ3n) is 7.81. The van der Waals surface area contributed by atoms with Crippen molar-refractivity contribution in [1.29, 1.82) is 0 Å². The molecule has 0 unspecified atom stereocenters. The van der Waals surface area contributed by atoms with Crippen molar-refractivity contribution in [2.75, 3.05) is 6.61 Å². The van der Waals surface area contributed by atoms with Crippen molar-refractivity contribution in [3.63, 3.8) is 0 Å². The standard InChI is InChI=1S/C25H25N3O4/c1-3-32-21(29)12-27-13(2)19(14-6-4-5-7-20(14)27)11-26-28-24(30)22-15-8-9-16(18-10-17(15)18)23(22)25(28)31/h4-9,11,15-18,22-23H,3,10,12H2,1-2H3/b26-11-/t15-,16-,17-,18-,22-,23+/m1/s1. The fourth-order valence-corrected chi connectivity index (χ4v) is 6.33. The first-order valence-electron chi connectivity index (χ1n) is 11.3. The number of ether oxygens (including phenoxy) is 1. The molecule has 7 heteroatoms. The normalized spacial score (nSPS) is 32.1. The number of carbonyl (C=O) groups is 3. The summed E-state index contributed by atoms with van der Waals surface area (Å²) in [5.41, 5.74) is 2.52. The van der Waals surface area contributed by atoms with Crippen LogP contribution in [0.4, 0.5) is 0 Å². The molecule has 0 spiro atoms. The number of carbonyl (C=O) groups excluding carboxylic acids is 3. The second-order valence-electron chi connectivity index (χ2n) is 9.29. The molecule has 7 rings (SSSR count). The molecule has 2 amide bonds. The van der Waals surface area contributed by atoms with Gasteiger partial charge in [-0.1, -0.05) is 30.4 Å². The summed E-state index contributed by atoms with van der Waals surface area (Å²) in [6.07, 6.45) is 7.05. The lowest BCUT2D eigenvalue weighted by Crippen LogP contribution is -2.40. The lowest BCUT2D eigenvalue weighted by molar-refractivity contribution is -0.144. The van der Waals surface area contributed by atoms with Gasteiger partial charge in [0, 0.05) is 22.2 Å². The number of aromatic nitrogens is 1. The molecule has 5 aliphatic rings. The molecule has 6 atom stereocenters. The maximum absolute atomic E-state index is 13.2. The Morgan fingerprint density at radius 2 is 1.78 bits per heavy atom. The predicted molar refractivity (Wildman–Crippen MR) is 117 cm³/mol. The van der Waals surface area contributed by atoms with Gasteiger partial charge in [-0.3, -0.25) is 14.4 Å². The van der Waals surface area contributed by atoms with Crippen LogP contribution >= 0.6 is 0 Å². The quantitative estimate of drug-likeness (QED) is 0.316. The summed E-state index contributed by atoms with van der Waals surface area (Å²) in [4.78, 5) is 38.5. The van der Waals surface area contributed by atoms with E-state index in [1.54, 1.807) is 13.1 Å². The van der Waals surface area contributed by atoms with E-state index in [4.69, 9.17) is 4.74 Å². The van der Waals surface area contributed by atoms with E-state index in [2.05, 4.69) is 17.3 Å². The molecule has 0 N–H and O–H groups in total. The van der Waals surface area contributed by atoms with Crippen LogP contribution in [0.1, 0.15) is 24.6 Å². The van der Waals surface area contributed by atoms with Crippen LogP contribution in [0.2, 0.25) is 0 Å². The highest BCUT2D eigenvalue weighted by Gasteiger charge is 2.67. The monoisotopic (exact) mass is 431 g/mol. The van der Waals surface area contributed by atoms with Crippen molar-refractivity contribution in [2.45, 2.75) is 26.8 Å². The van der Waals surface area contributed by atoms with Gasteiger partial charge < -0.3 is 9.30 Å². The molecule has 7 nitrogen and oxygen atoms in total. The molecule has 1 aromatic heterocycles. The summed E-state index contributed by atoms with van der Waals surface area (Å²) in [6, 6.07) is 7.73. The maximum Gasteiger partial charge on any atom is 0.325 e. The molecular formula is C25H25N3O4. The number of allylic oxidation sites excluding steroid dienone is 2. The van der Waals surface area contributed by atoms with Gasteiger partial charge in [-0.25, -0.2) is 0 Å². The van der Waals surface area contributed by atoms with Crippen molar-refractivity contribution in [1.82, 2.24) is 9.58 Å². The number of para-hydroxylation sites is 1. The number of hydrogen-bond donors (Lipinski definition) is 0. The number of benzene rings is 1. The molecule has 1 saturated heterocycles. The van der Waals surface area contributed by atoms with Crippen LogP contribution in [0.25, 0.3) is 10.9 Å². The van der Waals surface area contributed by atoms with Gasteiger partial charge in [0.05, 0.1) is 24.7 Å². The molecule has 3 fully saturated rings. The molecule has 1 aromatic carbocycles. The zero-order valence-corrected chi connectivity index (χ0v) is 18.1. The highest BCUT2D eigenvalue weighted by Crippen LogP contribution is 2.65. The average molecular weight is 431 g/mol. The van der Waals surface area contributed by atoms with Crippen LogP contribution in [-0.2, 0) is 25.7 Å². The van der Waals surface area contributed by atoms with E-state index >= 15 is 0 Å². The Labute approximate surface area is 185 Å². The Morgan fingerprint density at radius 1 is 1.12 bits per heavy atom. The van der Waals surface area contributed by atoms with Crippen LogP contribution in [0.3, 0.4) is 0 Å². The van der Waals surface area contributed by atoms with Crippen LogP contribution in [0.15, 0.2) is 41.5 Å². The number of rotatable bonds is 5. The van der Waals surface area contributed by atoms with Gasteiger partial charge in [-0.2, -0.15) is 10.1 Å². The van der Waals surface area contributed by atoms with Gasteiger partial charge in [-0.05, 0) is 50.0 Å². The zero-order valence-electron chi connectivity index (χ0n) is 18.1. The highest BCUT2D eigenvalue weighted by atomic mass is 16.5. The Bertz CT molecular complexity index is 1190. The first-order valence-corrected chi connectivity index (χ1v) is 11.3. The summed E-state index contributed by atoms with van der Waals surface area (Å²) in [7, 11) is 0. The molecular weight excluding hydrogens is 406 g/mol. The minimum atomic E-state index is -0.310. The first-order chi connectivity index (χ1) is 15.5. The fourth-order valence-electron chi connectivity index (χ4n) is 6.33. The molecule has 2 bridgehead atoms. The smallest absolute Gasteiger partial charge is 0.325 e. The van der Waals surface area contributed by atoms with E-state index in [-0.39, 0.29) is 48.0 Å². The third kappa shape index (κ3) is 2.60. The molecule has 1 aliphatic heterocycles. The second-order valence-corrected chi connectivity index (χ2v) is 9.29. The van der Waals surface area contributed by atoms with E-state index in [9.17, 15) is 14.4 Å². The number of fused-ring (bicyclic) bond motifs is 1. The third-order valence-corrected chi connectivity index (χ3v) is 7.81. The van der Waals surface area contributed by atoms with Crippen molar-refractivity contribution < 1.29 is 19.1 Å². The van der Waals surface area contributed by atoms with Crippen molar-refractivity contribution in [3.8, 4) is 0 Å². The molecule has 0 radical (unpaired) electrons. The number of imide groups is 1. The van der Waals surface area contributed by atoms with Gasteiger partial charge in [0.25, 0.3) is 11.8 Å². The molecule has 2 heterocycles. The number of hydrogen-bond acceptors (Lipinski definition) is 5. The summed E-state index contributed by atoms with van der Waals surface area (Å²) in [5, 5.41) is 6.42. The molecule has 32 heavy (non-hydrogen) atoms. The van der Waals surface area contributed by atoms with Gasteiger partial charge >= 0.3 is 5.97 Å². The van der Waals surface area contributed by atoms with Gasteiger partial charge in [0.2, 0.25) is 0 Å². The summed E-state index contributed by atoms with van der Waals surface area (Å²) < 4.78 is 7.01. The summed E-state index contributed by atoms with van der Waals surface area (Å²) in [5.74, 6) is 0.317. The van der Waals surface area contributed by atoms with Crippen molar-refractivity contribution >= 4 is 34.9 Å². The minimum Gasteiger partial charge on any atom is -0.465 e. The van der Waals surface area contributed by atoms with E-state index in [1.807, 2.05) is 35.8 Å². The maximum atomic E-state index is 13.2. The van der Waals surface area contributed by atoms with E-state index in [1.165, 1.54) is 0 Å². The average Bonchev–Trinajstić information content (AvgIpc) is 3.53. The molecule has 4 aliphatic carbocycles. The summed E-state index contributed by atoms with van der Waals surface area (Å²) in [6.45, 7) is 4.11. The van der Waals surface area contributed by atoms with Gasteiger partial charge in [0.15, 0.2) is 0 Å². The molecule has 164 valence electrons. The first kappa shape index (κ1) is 19.5. The lowest BCUT2D eigenvalue weighted by Gasteiger charge is -2.37. The lowest BCUT2D eigenvalue weighted by atomic mass is 9.63. The minimum absolute atomic E-state index is 0.0948. The molecule has 2 saturated carbocycles. The zero-order chi connectivity index (χ0) is 22.1. The fraction of sp³-hybridized carbons (Fsp3) is 0.440. The van der Waals surface area contributed by atoms with Crippen LogP contribution in [0.5, 0.6) is 0 Å². The Morgan fingerprint density at radius 3 is 2.44 bits per heavy atom. The van der Waals surface area contributed by atoms with Crippen LogP contribution < -0.4 is 0 Å². The SMILES string of the molecule is CCOC(=O)Cn1c(C)c(/C=N\N2C(=O)[C@@H]3[C@@H]4C=C[C@H]([C@H]5C[C@H]45)[C@@H]3C2=O)c2ccccc21. The van der Waals surface area contributed by atoms with Gasteiger partial charge in [-0.15, -0.1) is 0 Å². The largest absolute Gasteiger partial charge is 0.465 e. The Kier molecular flexibility index (Phi) is 4.19. The van der Waals surface area contributed by atoms with E-state index in [0.29, 0.717) is 18.4 Å². The Balaban J connectivity index is 1.34. The summed E-state index contributed by atoms with van der Waals surface area (Å²) >= 11 is 0. The van der Waals surface area contributed by atoms with E-state index < -0.39 is 0 Å². The van der Waals surface area contributed by atoms with Gasteiger partial charge in [0.1, 0.15) is 6.54 Å². The highest BCUT2D eigenvalue weighted by molar-refractivity contribution is 6.08. The molecule has 2 aromatic rings. The number of hydrazone groups is 1. The predicted octanol–water partition coefficient (Wildman–Crippen LogP) is 2.90. The number of nitrogens with zero attached hydrogens (tertiary/aromatic N) is 3. The van der Waals surface area contributed by atoms with Crippen molar-refractivity contribution in [2.24, 2.45) is 40.6 Å². The van der Waals surface area contributed by atoms with Crippen LogP contribution in [0, 0.1) is 42.4 Å². The van der Waals surface area contributed by atoms with Crippen LogP contribution in [-0.4, -0.2) is 40.2 Å². The van der Waals surface area contributed by atoms with Crippen molar-refractivity contribution in [3.05, 3.63) is 47.7 Å². The topological polar surface area (TPSA) is 81.0 Å². The second kappa shape index (κ2) is 6.89. The van der Waals surface area contributed by atoms with E-state index in [0.717, 1.165) is 33.6 Å².